The number of rotatable bonds is 14. The van der Waals surface area contributed by atoms with Crippen molar-refractivity contribution >= 4 is 17.7 Å². The van der Waals surface area contributed by atoms with Crippen LogP contribution < -0.4 is 25.0 Å². The van der Waals surface area contributed by atoms with E-state index in [1.165, 1.54) is 6.92 Å². The zero-order chi connectivity index (χ0) is 27.2. The fourth-order valence-electron chi connectivity index (χ4n) is 3.87. The number of nitrogens with one attached hydrogen (secondary N) is 2. The van der Waals surface area contributed by atoms with Gasteiger partial charge in [-0.1, -0.05) is 43.2 Å². The number of likely N-dealkylation sites (N-methyl/N-ethyl adjacent to an activating group) is 1. The topological polar surface area (TPSA) is 100 Å². The Hall–Kier alpha value is -4.20. The van der Waals surface area contributed by atoms with Crippen LogP contribution in [0.2, 0.25) is 0 Å². The first kappa shape index (κ1) is 28.4. The van der Waals surface area contributed by atoms with E-state index in [4.69, 9.17) is 9.47 Å². The predicted octanol–water partition coefficient (Wildman–Crippen LogP) is 5.36. The number of unbranched alkanes of at least 4 members (excludes halogenated alkanes) is 3. The molecule has 0 radical (unpaired) electrons. The Bertz CT molecular complexity index is 1180. The van der Waals surface area contributed by atoms with Crippen molar-refractivity contribution in [3.05, 3.63) is 72.8 Å². The number of aromatic hydroxyl groups is 1. The van der Waals surface area contributed by atoms with Crippen molar-refractivity contribution in [3.63, 3.8) is 0 Å². The van der Waals surface area contributed by atoms with Crippen LogP contribution in [0.15, 0.2) is 72.8 Å². The highest BCUT2D eigenvalue weighted by atomic mass is 16.6. The Morgan fingerprint density at radius 2 is 1.53 bits per heavy atom. The molecular formula is C30H37N3O5. The number of benzene rings is 3. The third-order valence-corrected chi connectivity index (χ3v) is 5.91. The van der Waals surface area contributed by atoms with E-state index >= 15 is 0 Å². The van der Waals surface area contributed by atoms with Crippen molar-refractivity contribution in [1.29, 1.82) is 0 Å². The molecule has 0 aliphatic carbocycles. The Morgan fingerprint density at radius 3 is 2.32 bits per heavy atom. The van der Waals surface area contributed by atoms with Crippen LogP contribution in [0.3, 0.4) is 0 Å². The molecule has 0 heterocycles. The molecular weight excluding hydrogens is 482 g/mol. The highest BCUT2D eigenvalue weighted by molar-refractivity contribution is 5.73. The molecule has 0 atom stereocenters. The van der Waals surface area contributed by atoms with Crippen LogP contribution in [-0.2, 0) is 4.79 Å². The van der Waals surface area contributed by atoms with Crippen LogP contribution in [-0.4, -0.2) is 50.4 Å². The summed E-state index contributed by atoms with van der Waals surface area (Å²) < 4.78 is 11.3. The van der Waals surface area contributed by atoms with Gasteiger partial charge in [0.2, 0.25) is 5.91 Å². The third kappa shape index (κ3) is 10.0. The van der Waals surface area contributed by atoms with E-state index in [9.17, 15) is 14.7 Å². The summed E-state index contributed by atoms with van der Waals surface area (Å²) >= 11 is 0. The van der Waals surface area contributed by atoms with Gasteiger partial charge in [-0.3, -0.25) is 4.79 Å². The zero-order valence-corrected chi connectivity index (χ0v) is 22.1. The van der Waals surface area contributed by atoms with Crippen LogP contribution in [0.25, 0.3) is 11.1 Å². The van der Waals surface area contributed by atoms with Crippen molar-refractivity contribution in [1.82, 2.24) is 10.6 Å². The molecule has 202 valence electrons. The molecule has 3 N–H and O–H groups in total. The minimum Gasteiger partial charge on any atom is -0.508 e. The second-order valence-electron chi connectivity index (χ2n) is 9.06. The maximum absolute atomic E-state index is 12.2. The number of ether oxygens (including phenoxy) is 2. The number of carbonyl (C=O) groups is 2. The molecule has 2 amide bonds. The van der Waals surface area contributed by atoms with Crippen molar-refractivity contribution in [2.24, 2.45) is 0 Å². The van der Waals surface area contributed by atoms with Gasteiger partial charge in [0.05, 0.1) is 6.61 Å². The average molecular weight is 520 g/mol. The Balaban J connectivity index is 1.28. The van der Waals surface area contributed by atoms with Crippen molar-refractivity contribution in [2.45, 2.75) is 32.6 Å². The summed E-state index contributed by atoms with van der Waals surface area (Å²) in [4.78, 5) is 25.3. The fraction of sp³-hybridized carbons (Fsp3) is 0.333. The Morgan fingerprint density at radius 1 is 0.816 bits per heavy atom. The van der Waals surface area contributed by atoms with Gasteiger partial charge in [0.1, 0.15) is 17.2 Å². The molecule has 0 aliphatic heterocycles. The number of amides is 2. The number of anilines is 1. The van der Waals surface area contributed by atoms with Gasteiger partial charge in [0.25, 0.3) is 0 Å². The quantitative estimate of drug-likeness (QED) is 0.248. The van der Waals surface area contributed by atoms with Crippen LogP contribution in [0.4, 0.5) is 10.5 Å². The van der Waals surface area contributed by atoms with E-state index in [0.29, 0.717) is 25.4 Å². The van der Waals surface area contributed by atoms with E-state index < -0.39 is 6.09 Å². The number of hydrogen-bond acceptors (Lipinski definition) is 6. The number of carbonyl (C=O) groups excluding carboxylic acids is 2. The van der Waals surface area contributed by atoms with Gasteiger partial charge >= 0.3 is 6.09 Å². The summed E-state index contributed by atoms with van der Waals surface area (Å²) in [5.74, 6) is 1.43. The van der Waals surface area contributed by atoms with E-state index in [2.05, 4.69) is 15.5 Å². The van der Waals surface area contributed by atoms with Gasteiger partial charge in [0.15, 0.2) is 0 Å². The second-order valence-corrected chi connectivity index (χ2v) is 9.06. The summed E-state index contributed by atoms with van der Waals surface area (Å²) in [6.45, 7) is 4.00. The summed E-state index contributed by atoms with van der Waals surface area (Å²) in [7, 11) is 1.99. The largest absolute Gasteiger partial charge is 0.508 e. The molecule has 0 aliphatic rings. The van der Waals surface area contributed by atoms with Crippen LogP contribution in [0.1, 0.15) is 32.6 Å². The van der Waals surface area contributed by atoms with Crippen molar-refractivity contribution < 1.29 is 24.2 Å². The van der Waals surface area contributed by atoms with Crippen molar-refractivity contribution in [2.75, 3.05) is 38.2 Å². The lowest BCUT2D eigenvalue weighted by atomic mass is 10.1. The molecule has 0 unspecified atom stereocenters. The highest BCUT2D eigenvalue weighted by Gasteiger charge is 2.07. The molecule has 8 heteroatoms. The molecule has 3 rings (SSSR count). The lowest BCUT2D eigenvalue weighted by Gasteiger charge is -2.20. The summed E-state index contributed by atoms with van der Waals surface area (Å²) in [6, 6.07) is 22.1. The average Bonchev–Trinajstić information content (AvgIpc) is 2.90. The van der Waals surface area contributed by atoms with Gasteiger partial charge in [-0.05, 0) is 60.4 Å². The minimum absolute atomic E-state index is 0.0286. The summed E-state index contributed by atoms with van der Waals surface area (Å²) in [5, 5.41) is 15.3. The molecule has 0 aromatic heterocycles. The molecule has 0 bridgehead atoms. The first-order chi connectivity index (χ1) is 18.4. The van der Waals surface area contributed by atoms with Crippen LogP contribution in [0, 0.1) is 0 Å². The van der Waals surface area contributed by atoms with E-state index in [1.54, 1.807) is 30.3 Å². The predicted molar refractivity (Wildman–Crippen MR) is 150 cm³/mol. The van der Waals surface area contributed by atoms with Gasteiger partial charge in [-0.2, -0.15) is 0 Å². The fourth-order valence-corrected chi connectivity index (χ4v) is 3.87. The van der Waals surface area contributed by atoms with E-state index in [0.717, 1.165) is 54.8 Å². The monoisotopic (exact) mass is 519 g/mol. The molecule has 3 aromatic rings. The highest BCUT2D eigenvalue weighted by Crippen LogP contribution is 2.26. The Labute approximate surface area is 224 Å². The van der Waals surface area contributed by atoms with Crippen molar-refractivity contribution in [3.8, 4) is 28.4 Å². The first-order valence-corrected chi connectivity index (χ1v) is 12.9. The maximum atomic E-state index is 12.2. The van der Waals surface area contributed by atoms with Gasteiger partial charge in [0, 0.05) is 45.4 Å². The SMILES string of the molecule is CC(=O)NCCN(C)c1cccc(OCCCCCCNC(=O)Oc2cccc(-c3cccc(O)c3)c2)c1. The third-order valence-electron chi connectivity index (χ3n) is 5.91. The molecule has 8 nitrogen and oxygen atoms in total. The van der Waals surface area contributed by atoms with E-state index in [-0.39, 0.29) is 11.7 Å². The summed E-state index contributed by atoms with van der Waals surface area (Å²) in [6.07, 6.45) is 3.27. The molecule has 0 spiro atoms. The maximum Gasteiger partial charge on any atom is 0.412 e. The first-order valence-electron chi connectivity index (χ1n) is 12.9. The van der Waals surface area contributed by atoms with Crippen LogP contribution in [0.5, 0.6) is 17.2 Å². The minimum atomic E-state index is -0.483. The van der Waals surface area contributed by atoms with Crippen LogP contribution >= 0.6 is 0 Å². The Kier molecular flexibility index (Phi) is 11.3. The standard InChI is InChI=1S/C30H37N3O5/c1-23(34)31-17-18-33(2)26-12-9-14-28(22-26)37-19-6-4-3-5-16-32-30(36)38-29-15-8-11-25(21-29)24-10-7-13-27(35)20-24/h7-15,20-22,35H,3-6,16-19H2,1-2H3,(H,31,34)(H,32,36). The molecule has 0 saturated carbocycles. The number of nitrogens with zero attached hydrogens (tertiary/aromatic N) is 1. The zero-order valence-electron chi connectivity index (χ0n) is 22.1. The molecule has 0 fully saturated rings. The van der Waals surface area contributed by atoms with Gasteiger partial charge in [-0.25, -0.2) is 4.79 Å². The molecule has 38 heavy (non-hydrogen) atoms. The second kappa shape index (κ2) is 15.1. The summed E-state index contributed by atoms with van der Waals surface area (Å²) in [5.41, 5.74) is 2.74. The normalized spacial score (nSPS) is 10.5. The lowest BCUT2D eigenvalue weighted by molar-refractivity contribution is -0.118. The number of phenolic OH excluding ortho intramolecular Hbond substituents is 1. The molecule has 3 aromatic carbocycles. The number of phenols is 1. The number of hydrogen-bond donors (Lipinski definition) is 3. The van der Waals surface area contributed by atoms with E-state index in [1.807, 2.05) is 49.5 Å². The van der Waals surface area contributed by atoms with Gasteiger partial charge < -0.3 is 30.1 Å². The lowest BCUT2D eigenvalue weighted by Crippen LogP contribution is -2.31. The van der Waals surface area contributed by atoms with Gasteiger partial charge in [-0.15, -0.1) is 0 Å². The smallest absolute Gasteiger partial charge is 0.412 e. The molecule has 0 saturated heterocycles.